The standard InChI is InChI=1S/C20H32N2O3.C13H26N2O2.2C12H25NO2.C12H25NO.5CH4/c1-19(2,3)12-18(24)22-14-21-17(23)11-15-8-7-9-16(10-15)25-13-20(4,5)6;1-12(2,3)7-10(16)14-9-15-11(17)8-13(4,5)6;1-11(2,3)7-8-15-10(14)13-9-12(4,5)6;1-11(2,3)7-8-13-10(14)15-9-12(4,5)6;1-11(2,3)7-8-13-10(14)9-12(4,5)6;;;;;/h7-10H,11-14H2,1-6H3,(H,21,23)(H,22,24);7-9H2,1-6H3,(H,14,16)(H,15,17);2*7-9H2,1-6H3,(H,13,14);7-9H2,1-6H3,(H,13,14);5*1H4. The van der Waals surface area contributed by atoms with Gasteiger partial charge in [0.25, 0.3) is 0 Å². The molecule has 0 unspecified atom stereocenters. The maximum absolute atomic E-state index is 12.0. The predicted molar refractivity (Wildman–Crippen MR) is 390 cm³/mol. The van der Waals surface area contributed by atoms with Crippen LogP contribution in [0.3, 0.4) is 0 Å². The summed E-state index contributed by atoms with van der Waals surface area (Å²) in [4.78, 5) is 80.6. The van der Waals surface area contributed by atoms with E-state index in [1.54, 1.807) is 0 Å². The molecule has 0 saturated heterocycles. The zero-order chi connectivity index (χ0) is 68.4. The van der Waals surface area contributed by atoms with Crippen LogP contribution in [0.1, 0.15) is 295 Å². The first-order chi connectivity index (χ1) is 38.2. The molecule has 91 heavy (non-hydrogen) atoms. The number of carbonyl (C=O) groups is 7. The van der Waals surface area contributed by atoms with E-state index in [0.717, 1.165) is 37.1 Å². The first kappa shape index (κ1) is 105. The Balaban J connectivity index is -0.000000133. The maximum Gasteiger partial charge on any atom is 0.407 e. The largest absolute Gasteiger partial charge is 0.493 e. The fourth-order valence-corrected chi connectivity index (χ4v) is 6.24. The van der Waals surface area contributed by atoms with E-state index in [2.05, 4.69) is 162 Å². The van der Waals surface area contributed by atoms with Gasteiger partial charge in [0.05, 0.1) is 39.6 Å². The molecule has 0 aliphatic rings. The molecule has 1 aromatic carbocycles. The number of alkyl carbamates (subject to hydrolysis) is 2. The molecule has 7 N–H and O–H groups in total. The fraction of sp³-hybridized carbons (Fsp3) is 0.824. The van der Waals surface area contributed by atoms with E-state index >= 15 is 0 Å². The second-order valence-electron chi connectivity index (χ2n) is 34.8. The minimum Gasteiger partial charge on any atom is -0.493 e. The van der Waals surface area contributed by atoms with Gasteiger partial charge in [-0.05, 0) is 91.1 Å². The molecule has 0 aliphatic carbocycles. The third-order valence-corrected chi connectivity index (χ3v) is 10.7. The topological polar surface area (TPSA) is 231 Å². The van der Waals surface area contributed by atoms with Gasteiger partial charge in [0.1, 0.15) is 5.75 Å². The molecule has 17 nitrogen and oxygen atoms in total. The number of amides is 7. The highest BCUT2D eigenvalue weighted by atomic mass is 16.6. The Bertz CT molecular complexity index is 2030. The van der Waals surface area contributed by atoms with Gasteiger partial charge in [0.15, 0.2) is 0 Å². The van der Waals surface area contributed by atoms with E-state index in [4.69, 9.17) is 14.2 Å². The normalized spacial score (nSPS) is 11.5. The van der Waals surface area contributed by atoms with Gasteiger partial charge in [0, 0.05) is 45.3 Å². The van der Waals surface area contributed by atoms with Gasteiger partial charge >= 0.3 is 12.2 Å². The molecule has 544 valence electrons. The lowest BCUT2D eigenvalue weighted by molar-refractivity contribution is -0.126. The smallest absolute Gasteiger partial charge is 0.407 e. The Kier molecular flexibility index (Phi) is 54.9. The van der Waals surface area contributed by atoms with Crippen LogP contribution in [0.5, 0.6) is 5.75 Å². The van der Waals surface area contributed by atoms with E-state index in [9.17, 15) is 33.6 Å². The second-order valence-corrected chi connectivity index (χ2v) is 34.8. The summed E-state index contributed by atoms with van der Waals surface area (Å²) in [5.41, 5.74) is 1.82. The van der Waals surface area contributed by atoms with Crippen LogP contribution in [0.4, 0.5) is 9.59 Å². The zero-order valence-electron chi connectivity index (χ0n) is 60.7. The molecule has 17 heteroatoms. The monoisotopic (exact) mass is 1300 g/mol. The van der Waals surface area contributed by atoms with Gasteiger partial charge in [-0.3, -0.25) is 24.0 Å². The van der Waals surface area contributed by atoms with Crippen LogP contribution in [-0.2, 0) is 39.9 Å². The highest BCUT2D eigenvalue weighted by molar-refractivity contribution is 5.81. The molecule has 0 atom stereocenters. The Morgan fingerprint density at radius 1 is 0.341 bits per heavy atom. The lowest BCUT2D eigenvalue weighted by atomic mass is 9.91. The maximum atomic E-state index is 12.0. The van der Waals surface area contributed by atoms with Gasteiger partial charge in [-0.2, -0.15) is 0 Å². The molecule has 0 aliphatic heterocycles. The first-order valence-electron chi connectivity index (χ1n) is 31.1. The van der Waals surface area contributed by atoms with E-state index in [1.807, 2.05) is 107 Å². The highest BCUT2D eigenvalue weighted by Crippen LogP contribution is 2.24. The van der Waals surface area contributed by atoms with Gasteiger partial charge in [-0.25, -0.2) is 9.59 Å². The summed E-state index contributed by atoms with van der Waals surface area (Å²) in [7, 11) is 0. The van der Waals surface area contributed by atoms with Crippen molar-refractivity contribution in [2.75, 3.05) is 52.8 Å². The molecular weight excluding hydrogens is 1150 g/mol. The summed E-state index contributed by atoms with van der Waals surface area (Å²) in [5, 5.41) is 19.2. The average molecular weight is 1300 g/mol. The van der Waals surface area contributed by atoms with Gasteiger partial charge in [-0.15, -0.1) is 0 Å². The van der Waals surface area contributed by atoms with Crippen LogP contribution in [0.15, 0.2) is 24.3 Å². The van der Waals surface area contributed by atoms with Crippen LogP contribution in [0.2, 0.25) is 0 Å². The Morgan fingerprint density at radius 2 is 0.670 bits per heavy atom. The minimum absolute atomic E-state index is 0. The lowest BCUT2D eigenvalue weighted by Crippen LogP contribution is -2.39. The molecule has 0 radical (unpaired) electrons. The Hall–Kier alpha value is -5.09. The summed E-state index contributed by atoms with van der Waals surface area (Å²) in [6.45, 7) is 66.3. The third-order valence-electron chi connectivity index (χ3n) is 10.7. The van der Waals surface area contributed by atoms with Crippen molar-refractivity contribution in [3.8, 4) is 5.75 Å². The van der Waals surface area contributed by atoms with Crippen molar-refractivity contribution in [1.29, 1.82) is 0 Å². The van der Waals surface area contributed by atoms with E-state index in [-0.39, 0.29) is 147 Å². The number of ether oxygens (including phenoxy) is 3. The molecule has 1 aromatic rings. The highest BCUT2D eigenvalue weighted by Gasteiger charge is 2.21. The molecule has 0 saturated carbocycles. The SMILES string of the molecule is C.C.C.C.C.CC(C)(C)CC(=O)NCNC(=O)CC(C)(C)C.CC(C)(C)CCNC(=O)CC(C)(C)C.CC(C)(C)CCNC(=O)OCC(C)(C)C.CC(C)(C)CCOC(=O)NCC(C)(C)C.CC(C)(C)COc1cccc(CC(=O)NCNC(=O)CC(C)(C)C)c1. The number of nitrogens with one attached hydrogen (secondary N) is 7. The quantitative estimate of drug-likeness (QED) is 0.0611. The van der Waals surface area contributed by atoms with Crippen molar-refractivity contribution in [2.24, 2.45) is 54.1 Å². The van der Waals surface area contributed by atoms with Crippen molar-refractivity contribution in [2.45, 2.75) is 296 Å². The molecule has 0 spiro atoms. The van der Waals surface area contributed by atoms with Gasteiger partial charge < -0.3 is 51.4 Å². The molecular formula is C74H153N7O10. The predicted octanol–water partition coefficient (Wildman–Crippen LogP) is 17.9. The molecule has 0 bridgehead atoms. The van der Waals surface area contributed by atoms with E-state index in [0.29, 0.717) is 64.0 Å². The van der Waals surface area contributed by atoms with Crippen molar-refractivity contribution >= 4 is 41.7 Å². The Labute approximate surface area is 563 Å². The molecule has 0 fully saturated rings. The summed E-state index contributed by atoms with van der Waals surface area (Å²) >= 11 is 0. The van der Waals surface area contributed by atoms with Gasteiger partial charge in [-0.1, -0.05) is 257 Å². The molecule has 7 amide bonds. The summed E-state index contributed by atoms with van der Waals surface area (Å²) < 4.78 is 15.9. The number of hydrogen-bond acceptors (Lipinski definition) is 10. The van der Waals surface area contributed by atoms with Crippen molar-refractivity contribution in [1.82, 2.24) is 37.2 Å². The van der Waals surface area contributed by atoms with Crippen molar-refractivity contribution < 1.29 is 47.8 Å². The van der Waals surface area contributed by atoms with Gasteiger partial charge in [0.2, 0.25) is 29.5 Å². The molecule has 1 rings (SSSR count). The van der Waals surface area contributed by atoms with Crippen LogP contribution in [-0.4, -0.2) is 94.5 Å². The van der Waals surface area contributed by atoms with Crippen LogP contribution >= 0.6 is 0 Å². The van der Waals surface area contributed by atoms with Crippen LogP contribution in [0.25, 0.3) is 0 Å². The first-order valence-corrected chi connectivity index (χ1v) is 31.1. The average Bonchev–Trinajstić information content (AvgIpc) is 3.49. The van der Waals surface area contributed by atoms with Crippen molar-refractivity contribution in [3.05, 3.63) is 29.8 Å². The van der Waals surface area contributed by atoms with Crippen molar-refractivity contribution in [3.63, 3.8) is 0 Å². The third kappa shape index (κ3) is 91.4. The summed E-state index contributed by atoms with van der Waals surface area (Å²) in [5.74, 6) is 0.664. The molecule has 0 aromatic heterocycles. The molecule has 0 heterocycles. The second kappa shape index (κ2) is 47.7. The van der Waals surface area contributed by atoms with E-state index in [1.165, 1.54) is 0 Å². The zero-order valence-corrected chi connectivity index (χ0v) is 60.7. The lowest BCUT2D eigenvalue weighted by Gasteiger charge is -2.20. The van der Waals surface area contributed by atoms with Crippen LogP contribution in [0, 0.1) is 54.1 Å². The number of rotatable bonds is 20. The number of hydrogen-bond donors (Lipinski definition) is 7. The Morgan fingerprint density at radius 3 is 1.00 bits per heavy atom. The number of benzene rings is 1. The minimum atomic E-state index is -0.311. The number of carbonyl (C=O) groups excluding carboxylic acids is 7. The fourth-order valence-electron chi connectivity index (χ4n) is 6.24. The summed E-state index contributed by atoms with van der Waals surface area (Å²) in [6, 6.07) is 7.54. The van der Waals surface area contributed by atoms with Crippen LogP contribution < -0.4 is 42.0 Å². The summed E-state index contributed by atoms with van der Waals surface area (Å²) in [6.07, 6.45) is 4.46. The van der Waals surface area contributed by atoms with E-state index < -0.39 is 0 Å².